The molecule has 0 atom stereocenters. The highest BCUT2D eigenvalue weighted by Gasteiger charge is 2.14. The third kappa shape index (κ3) is 3.10. The van der Waals surface area contributed by atoms with E-state index in [1.807, 2.05) is 23.6 Å². The fourth-order valence-electron chi connectivity index (χ4n) is 2.58. The standard InChI is InChI=1S/C17H16F2N4O/c1-2-23-15(22-14-4-3-8-20-16(14)23)7-9-21-17(24)12-10-11(18)5-6-13(12)19/h3-6,8,10H,2,7,9H2,1H3,(H,21,24). The Morgan fingerprint density at radius 1 is 1.29 bits per heavy atom. The number of nitrogens with one attached hydrogen (secondary N) is 1. The SMILES string of the molecule is CCn1c(CCNC(=O)c2cc(F)ccc2F)nc2cccnc21. The van der Waals surface area contributed by atoms with Crippen molar-refractivity contribution in [2.24, 2.45) is 0 Å². The number of benzene rings is 1. The van der Waals surface area contributed by atoms with Gasteiger partial charge in [0.25, 0.3) is 5.91 Å². The van der Waals surface area contributed by atoms with E-state index in [-0.39, 0.29) is 12.1 Å². The maximum Gasteiger partial charge on any atom is 0.254 e. The quantitative estimate of drug-likeness (QED) is 0.782. The Labute approximate surface area is 137 Å². The normalized spacial score (nSPS) is 11.0. The summed E-state index contributed by atoms with van der Waals surface area (Å²) in [6, 6.07) is 6.48. The lowest BCUT2D eigenvalue weighted by Crippen LogP contribution is -2.27. The summed E-state index contributed by atoms with van der Waals surface area (Å²) in [7, 11) is 0. The summed E-state index contributed by atoms with van der Waals surface area (Å²) in [6.45, 7) is 2.95. The van der Waals surface area contributed by atoms with Crippen molar-refractivity contribution in [3.63, 3.8) is 0 Å². The highest BCUT2D eigenvalue weighted by molar-refractivity contribution is 5.94. The summed E-state index contributed by atoms with van der Waals surface area (Å²) in [4.78, 5) is 20.8. The van der Waals surface area contributed by atoms with E-state index >= 15 is 0 Å². The van der Waals surface area contributed by atoms with Crippen LogP contribution in [0.1, 0.15) is 23.1 Å². The van der Waals surface area contributed by atoms with Crippen molar-refractivity contribution in [3.05, 3.63) is 59.6 Å². The van der Waals surface area contributed by atoms with E-state index in [1.165, 1.54) is 0 Å². The Bertz CT molecular complexity index is 891. The van der Waals surface area contributed by atoms with Crippen LogP contribution in [0.25, 0.3) is 11.2 Å². The van der Waals surface area contributed by atoms with Gasteiger partial charge in [0.2, 0.25) is 0 Å². The lowest BCUT2D eigenvalue weighted by molar-refractivity contribution is 0.0949. The zero-order valence-corrected chi connectivity index (χ0v) is 13.1. The zero-order chi connectivity index (χ0) is 17.1. The van der Waals surface area contributed by atoms with Crippen molar-refractivity contribution >= 4 is 17.1 Å². The largest absolute Gasteiger partial charge is 0.351 e. The molecule has 2 heterocycles. The molecule has 0 fully saturated rings. The van der Waals surface area contributed by atoms with Crippen LogP contribution in [0, 0.1) is 11.6 Å². The number of carbonyl (C=O) groups is 1. The number of fused-ring (bicyclic) bond motifs is 1. The fourth-order valence-corrected chi connectivity index (χ4v) is 2.58. The van der Waals surface area contributed by atoms with Crippen LogP contribution < -0.4 is 5.32 Å². The average Bonchev–Trinajstić information content (AvgIpc) is 2.94. The number of aromatic nitrogens is 3. The smallest absolute Gasteiger partial charge is 0.254 e. The maximum atomic E-state index is 13.6. The molecule has 124 valence electrons. The third-order valence-electron chi connectivity index (χ3n) is 3.71. The molecule has 0 aliphatic heterocycles. The van der Waals surface area contributed by atoms with Gasteiger partial charge >= 0.3 is 0 Å². The van der Waals surface area contributed by atoms with Crippen LogP contribution in [-0.2, 0) is 13.0 Å². The molecule has 0 unspecified atom stereocenters. The highest BCUT2D eigenvalue weighted by Crippen LogP contribution is 2.14. The monoisotopic (exact) mass is 330 g/mol. The molecule has 1 N–H and O–H groups in total. The number of pyridine rings is 1. The van der Waals surface area contributed by atoms with E-state index in [1.54, 1.807) is 6.20 Å². The topological polar surface area (TPSA) is 59.8 Å². The molecular formula is C17H16F2N4O. The van der Waals surface area contributed by atoms with E-state index in [4.69, 9.17) is 0 Å². The van der Waals surface area contributed by atoms with Gasteiger partial charge in [-0.25, -0.2) is 18.7 Å². The number of imidazole rings is 1. The molecule has 5 nitrogen and oxygen atoms in total. The summed E-state index contributed by atoms with van der Waals surface area (Å²) in [5, 5.41) is 2.59. The van der Waals surface area contributed by atoms with Crippen molar-refractivity contribution in [1.29, 1.82) is 0 Å². The van der Waals surface area contributed by atoms with Crippen LogP contribution in [-0.4, -0.2) is 27.0 Å². The molecule has 0 radical (unpaired) electrons. The molecule has 0 saturated heterocycles. The molecule has 1 aromatic carbocycles. The van der Waals surface area contributed by atoms with Gasteiger partial charge in [0.1, 0.15) is 23.0 Å². The van der Waals surface area contributed by atoms with Gasteiger partial charge in [-0.2, -0.15) is 0 Å². The van der Waals surface area contributed by atoms with E-state index in [9.17, 15) is 13.6 Å². The van der Waals surface area contributed by atoms with E-state index in [0.717, 1.165) is 35.2 Å². The predicted molar refractivity (Wildman–Crippen MR) is 85.6 cm³/mol. The van der Waals surface area contributed by atoms with E-state index < -0.39 is 17.5 Å². The number of rotatable bonds is 5. The fraction of sp³-hybridized carbons (Fsp3) is 0.235. The first-order chi connectivity index (χ1) is 11.6. The summed E-state index contributed by atoms with van der Waals surface area (Å²) in [5.41, 5.74) is 1.27. The van der Waals surface area contributed by atoms with Crippen molar-refractivity contribution in [2.45, 2.75) is 19.9 Å². The molecular weight excluding hydrogens is 314 g/mol. The minimum absolute atomic E-state index is 0.262. The van der Waals surface area contributed by atoms with Crippen LogP contribution in [0.4, 0.5) is 8.78 Å². The van der Waals surface area contributed by atoms with Gasteiger partial charge in [-0.1, -0.05) is 0 Å². The predicted octanol–water partition coefficient (Wildman–Crippen LogP) is 2.70. The second-order valence-corrected chi connectivity index (χ2v) is 5.25. The summed E-state index contributed by atoms with van der Waals surface area (Å²) < 4.78 is 28.7. The second kappa shape index (κ2) is 6.74. The molecule has 7 heteroatoms. The second-order valence-electron chi connectivity index (χ2n) is 5.25. The summed E-state index contributed by atoms with van der Waals surface area (Å²) in [5.74, 6) is -1.27. The van der Waals surface area contributed by atoms with Crippen molar-refractivity contribution < 1.29 is 13.6 Å². The van der Waals surface area contributed by atoms with Gasteiger partial charge in [-0.05, 0) is 37.3 Å². The van der Waals surface area contributed by atoms with Crippen molar-refractivity contribution in [2.75, 3.05) is 6.54 Å². The van der Waals surface area contributed by atoms with Crippen LogP contribution in [0.2, 0.25) is 0 Å². The third-order valence-corrected chi connectivity index (χ3v) is 3.71. The first-order valence-electron chi connectivity index (χ1n) is 7.63. The zero-order valence-electron chi connectivity index (χ0n) is 13.1. The van der Waals surface area contributed by atoms with Crippen LogP contribution in [0.3, 0.4) is 0 Å². The lowest BCUT2D eigenvalue weighted by Gasteiger charge is -2.08. The van der Waals surface area contributed by atoms with Gasteiger partial charge in [0.15, 0.2) is 5.65 Å². The molecule has 0 aliphatic rings. The van der Waals surface area contributed by atoms with Gasteiger partial charge in [0.05, 0.1) is 5.56 Å². The Morgan fingerprint density at radius 3 is 2.92 bits per heavy atom. The van der Waals surface area contributed by atoms with Gasteiger partial charge < -0.3 is 9.88 Å². The van der Waals surface area contributed by atoms with Crippen LogP contribution in [0.15, 0.2) is 36.5 Å². The van der Waals surface area contributed by atoms with Crippen LogP contribution >= 0.6 is 0 Å². The summed E-state index contributed by atoms with van der Waals surface area (Å²) >= 11 is 0. The number of carbonyl (C=O) groups excluding carboxylic acids is 1. The van der Waals surface area contributed by atoms with Crippen LogP contribution in [0.5, 0.6) is 0 Å². The Morgan fingerprint density at radius 2 is 2.12 bits per heavy atom. The molecule has 2 aromatic heterocycles. The number of halogens is 2. The number of nitrogens with zero attached hydrogens (tertiary/aromatic N) is 3. The number of hydrogen-bond donors (Lipinski definition) is 1. The average molecular weight is 330 g/mol. The Balaban J connectivity index is 1.70. The lowest BCUT2D eigenvalue weighted by atomic mass is 10.2. The first-order valence-corrected chi connectivity index (χ1v) is 7.63. The number of aryl methyl sites for hydroxylation is 1. The van der Waals surface area contributed by atoms with Gasteiger partial charge in [0, 0.05) is 25.7 Å². The molecule has 3 aromatic rings. The van der Waals surface area contributed by atoms with Crippen molar-refractivity contribution in [1.82, 2.24) is 19.9 Å². The molecule has 0 saturated carbocycles. The molecule has 24 heavy (non-hydrogen) atoms. The van der Waals surface area contributed by atoms with E-state index in [2.05, 4.69) is 15.3 Å². The molecule has 0 bridgehead atoms. The maximum absolute atomic E-state index is 13.6. The molecule has 0 aliphatic carbocycles. The van der Waals surface area contributed by atoms with Crippen molar-refractivity contribution in [3.8, 4) is 0 Å². The minimum Gasteiger partial charge on any atom is -0.351 e. The molecule has 0 spiro atoms. The first kappa shape index (κ1) is 16.0. The summed E-state index contributed by atoms with van der Waals surface area (Å²) in [6.07, 6.45) is 2.17. The molecule has 3 rings (SSSR count). The van der Waals surface area contributed by atoms with E-state index in [0.29, 0.717) is 13.0 Å². The number of hydrogen-bond acceptors (Lipinski definition) is 3. The van der Waals surface area contributed by atoms with Gasteiger partial charge in [-0.15, -0.1) is 0 Å². The molecule has 1 amide bonds. The Kier molecular flexibility index (Phi) is 4.50. The number of amides is 1. The minimum atomic E-state index is -0.751. The highest BCUT2D eigenvalue weighted by atomic mass is 19.1. The van der Waals surface area contributed by atoms with Gasteiger partial charge in [-0.3, -0.25) is 4.79 Å². The Hall–Kier alpha value is -2.83.